The van der Waals surface area contributed by atoms with E-state index in [4.69, 9.17) is 4.52 Å². The second-order valence-corrected chi connectivity index (χ2v) is 6.56. The van der Waals surface area contributed by atoms with Crippen LogP contribution in [0.15, 0.2) is 23.0 Å². The van der Waals surface area contributed by atoms with Crippen molar-refractivity contribution in [1.29, 1.82) is 0 Å². The minimum atomic E-state index is 0.181. The molecule has 2 aromatic heterocycles. The van der Waals surface area contributed by atoms with Gasteiger partial charge in [-0.3, -0.25) is 9.58 Å². The summed E-state index contributed by atoms with van der Waals surface area (Å²) < 4.78 is 7.57. The zero-order valence-corrected chi connectivity index (χ0v) is 13.1. The minimum absolute atomic E-state index is 0.181. The van der Waals surface area contributed by atoms with E-state index in [1.54, 1.807) is 0 Å². The van der Waals surface area contributed by atoms with E-state index in [2.05, 4.69) is 27.1 Å². The topological polar surface area (TPSA) is 60.0 Å². The van der Waals surface area contributed by atoms with Crippen LogP contribution in [0.1, 0.15) is 62.7 Å². The first-order chi connectivity index (χ1) is 10.8. The smallest absolute Gasteiger partial charge is 0.243 e. The summed E-state index contributed by atoms with van der Waals surface area (Å²) in [6, 6.07) is 2.65. The Hall–Kier alpha value is -1.69. The molecule has 0 N–H and O–H groups in total. The third-order valence-electron chi connectivity index (χ3n) is 4.88. The molecule has 0 amide bonds. The molecule has 6 heteroatoms. The standard InChI is InChI=1S/C16H23N5O/c1-12(16-18-15(19-22-16)13-6-7-13)21-10-3-2-5-14(21)11-20-9-4-8-17-20/h4,8-9,12-14H,2-3,5-7,10-11H2,1H3/t12-,14-/m1/s1. The Kier molecular flexibility index (Phi) is 3.70. The number of aromatic nitrogens is 4. The molecule has 1 aliphatic heterocycles. The van der Waals surface area contributed by atoms with E-state index in [0.717, 1.165) is 24.8 Å². The molecule has 2 aromatic rings. The molecule has 1 saturated heterocycles. The van der Waals surface area contributed by atoms with Gasteiger partial charge in [0.15, 0.2) is 5.82 Å². The molecule has 0 bridgehead atoms. The summed E-state index contributed by atoms with van der Waals surface area (Å²) in [7, 11) is 0. The minimum Gasteiger partial charge on any atom is -0.338 e. The first-order valence-corrected chi connectivity index (χ1v) is 8.38. The molecule has 3 heterocycles. The normalized spacial score (nSPS) is 24.5. The fourth-order valence-electron chi connectivity index (χ4n) is 3.42. The molecule has 2 atom stereocenters. The highest BCUT2D eigenvalue weighted by molar-refractivity contribution is 5.05. The van der Waals surface area contributed by atoms with Gasteiger partial charge >= 0.3 is 0 Å². The zero-order chi connectivity index (χ0) is 14.9. The van der Waals surface area contributed by atoms with E-state index in [9.17, 15) is 0 Å². The lowest BCUT2D eigenvalue weighted by atomic mass is 10.00. The van der Waals surface area contributed by atoms with Crippen molar-refractivity contribution in [3.05, 3.63) is 30.2 Å². The van der Waals surface area contributed by atoms with Crippen LogP contribution in [0.3, 0.4) is 0 Å². The number of piperidine rings is 1. The summed E-state index contributed by atoms with van der Waals surface area (Å²) in [5, 5.41) is 8.52. The summed E-state index contributed by atoms with van der Waals surface area (Å²) in [6.07, 6.45) is 10.0. The number of likely N-dealkylation sites (tertiary alicyclic amines) is 1. The molecule has 22 heavy (non-hydrogen) atoms. The summed E-state index contributed by atoms with van der Waals surface area (Å²) in [5.74, 6) is 2.22. The third-order valence-corrected chi connectivity index (χ3v) is 4.88. The van der Waals surface area contributed by atoms with Crippen molar-refractivity contribution in [2.45, 2.75) is 63.6 Å². The SMILES string of the molecule is C[C@H](c1nc(C2CC2)no1)N1CCCC[C@@H]1Cn1cccn1. The van der Waals surface area contributed by atoms with E-state index < -0.39 is 0 Å². The number of hydrogen-bond acceptors (Lipinski definition) is 5. The van der Waals surface area contributed by atoms with Gasteiger partial charge in [0.1, 0.15) is 0 Å². The largest absolute Gasteiger partial charge is 0.338 e. The van der Waals surface area contributed by atoms with Crippen molar-refractivity contribution in [3.63, 3.8) is 0 Å². The average Bonchev–Trinajstić information content (AvgIpc) is 3.06. The molecular formula is C16H23N5O. The van der Waals surface area contributed by atoms with Gasteiger partial charge in [0, 0.05) is 24.4 Å². The van der Waals surface area contributed by atoms with Gasteiger partial charge < -0.3 is 4.52 Å². The summed E-state index contributed by atoms with van der Waals surface area (Å²) in [5.41, 5.74) is 0. The second kappa shape index (κ2) is 5.83. The van der Waals surface area contributed by atoms with Gasteiger partial charge in [-0.05, 0) is 45.2 Å². The van der Waals surface area contributed by atoms with Crippen molar-refractivity contribution >= 4 is 0 Å². The van der Waals surface area contributed by atoms with Crippen LogP contribution in [-0.4, -0.2) is 37.4 Å². The maximum absolute atomic E-state index is 5.54. The lowest BCUT2D eigenvalue weighted by Gasteiger charge is -2.38. The Morgan fingerprint density at radius 3 is 3.00 bits per heavy atom. The Balaban J connectivity index is 1.49. The summed E-state index contributed by atoms with van der Waals surface area (Å²) in [4.78, 5) is 7.15. The van der Waals surface area contributed by atoms with Gasteiger partial charge in [0.25, 0.3) is 0 Å². The lowest BCUT2D eigenvalue weighted by molar-refractivity contribution is 0.0719. The van der Waals surface area contributed by atoms with Crippen molar-refractivity contribution in [1.82, 2.24) is 24.8 Å². The molecule has 1 saturated carbocycles. The van der Waals surface area contributed by atoms with E-state index >= 15 is 0 Å². The van der Waals surface area contributed by atoms with E-state index in [-0.39, 0.29) is 6.04 Å². The van der Waals surface area contributed by atoms with Crippen molar-refractivity contribution in [2.24, 2.45) is 0 Å². The van der Waals surface area contributed by atoms with Gasteiger partial charge in [-0.1, -0.05) is 11.6 Å². The highest BCUT2D eigenvalue weighted by Crippen LogP contribution is 2.39. The quantitative estimate of drug-likeness (QED) is 0.850. The Bertz CT molecular complexity index is 604. The maximum Gasteiger partial charge on any atom is 0.243 e. The molecule has 0 spiro atoms. The first-order valence-electron chi connectivity index (χ1n) is 8.38. The molecule has 2 aliphatic rings. The van der Waals surface area contributed by atoms with Gasteiger partial charge in [-0.25, -0.2) is 0 Å². The zero-order valence-electron chi connectivity index (χ0n) is 13.1. The van der Waals surface area contributed by atoms with Crippen molar-refractivity contribution in [3.8, 4) is 0 Å². The van der Waals surface area contributed by atoms with E-state index in [0.29, 0.717) is 12.0 Å². The molecule has 1 aliphatic carbocycles. The van der Waals surface area contributed by atoms with Gasteiger partial charge in [-0.2, -0.15) is 10.1 Å². The van der Waals surface area contributed by atoms with Crippen molar-refractivity contribution in [2.75, 3.05) is 6.54 Å². The molecule has 4 rings (SSSR count). The predicted octanol–water partition coefficient (Wildman–Crippen LogP) is 2.76. The highest BCUT2D eigenvalue weighted by atomic mass is 16.5. The van der Waals surface area contributed by atoms with Crippen LogP contribution in [-0.2, 0) is 6.54 Å². The number of rotatable bonds is 5. The highest BCUT2D eigenvalue weighted by Gasteiger charge is 2.33. The third kappa shape index (κ3) is 2.79. The molecule has 118 valence electrons. The number of nitrogens with zero attached hydrogens (tertiary/aromatic N) is 5. The molecule has 0 aromatic carbocycles. The van der Waals surface area contributed by atoms with Crippen molar-refractivity contribution < 1.29 is 4.52 Å². The van der Waals surface area contributed by atoms with Crippen LogP contribution >= 0.6 is 0 Å². The van der Waals surface area contributed by atoms with Crippen LogP contribution in [0, 0.1) is 0 Å². The Labute approximate surface area is 130 Å². The summed E-state index contributed by atoms with van der Waals surface area (Å²) >= 11 is 0. The van der Waals surface area contributed by atoms with Gasteiger partial charge in [0.2, 0.25) is 5.89 Å². The first kappa shape index (κ1) is 13.9. The van der Waals surface area contributed by atoms with Crippen LogP contribution < -0.4 is 0 Å². The second-order valence-electron chi connectivity index (χ2n) is 6.56. The van der Waals surface area contributed by atoms with Crippen LogP contribution in [0.5, 0.6) is 0 Å². The fourth-order valence-corrected chi connectivity index (χ4v) is 3.42. The molecule has 0 unspecified atom stereocenters. The Morgan fingerprint density at radius 2 is 2.23 bits per heavy atom. The fraction of sp³-hybridized carbons (Fsp3) is 0.688. The van der Waals surface area contributed by atoms with E-state index in [1.807, 2.05) is 23.1 Å². The number of hydrogen-bond donors (Lipinski definition) is 0. The Morgan fingerprint density at radius 1 is 1.32 bits per heavy atom. The lowest BCUT2D eigenvalue weighted by Crippen LogP contribution is -2.43. The average molecular weight is 301 g/mol. The molecule has 0 radical (unpaired) electrons. The predicted molar refractivity (Wildman–Crippen MR) is 81.3 cm³/mol. The van der Waals surface area contributed by atoms with Crippen LogP contribution in [0.4, 0.5) is 0 Å². The monoisotopic (exact) mass is 301 g/mol. The molecular weight excluding hydrogens is 278 g/mol. The van der Waals surface area contributed by atoms with Crippen LogP contribution in [0.2, 0.25) is 0 Å². The molecule has 6 nitrogen and oxygen atoms in total. The summed E-state index contributed by atoms with van der Waals surface area (Å²) in [6.45, 7) is 4.21. The van der Waals surface area contributed by atoms with E-state index in [1.165, 1.54) is 32.1 Å². The maximum atomic E-state index is 5.54. The van der Waals surface area contributed by atoms with Gasteiger partial charge in [-0.15, -0.1) is 0 Å². The van der Waals surface area contributed by atoms with Crippen LogP contribution in [0.25, 0.3) is 0 Å². The molecule has 2 fully saturated rings. The van der Waals surface area contributed by atoms with Gasteiger partial charge in [0.05, 0.1) is 12.6 Å².